The molecule has 8 rings (SSSR count). The molecule has 0 amide bonds. The predicted octanol–water partition coefficient (Wildman–Crippen LogP) is 9.94. The Labute approximate surface area is 383 Å². The maximum absolute atomic E-state index is 13.9. The number of aromatic hydroxyl groups is 2. The lowest BCUT2D eigenvalue weighted by Gasteiger charge is -2.28. The van der Waals surface area contributed by atoms with Crippen LogP contribution in [0.25, 0.3) is 11.1 Å². The molecule has 0 atom stereocenters. The number of azo groups is 2. The molecule has 0 aliphatic heterocycles. The van der Waals surface area contributed by atoms with Gasteiger partial charge in [0, 0.05) is 34.6 Å². The molecule has 0 bridgehead atoms. The van der Waals surface area contributed by atoms with E-state index in [1.807, 2.05) is 0 Å². The van der Waals surface area contributed by atoms with Gasteiger partial charge in [-0.1, -0.05) is 94.2 Å². The van der Waals surface area contributed by atoms with Crippen molar-refractivity contribution < 1.29 is 37.8 Å². The van der Waals surface area contributed by atoms with Gasteiger partial charge >= 0.3 is 11.4 Å². The molecule has 4 fully saturated rings. The van der Waals surface area contributed by atoms with Gasteiger partial charge < -0.3 is 10.2 Å². The summed E-state index contributed by atoms with van der Waals surface area (Å²) in [6, 6.07) is 6.44. The summed E-state index contributed by atoms with van der Waals surface area (Å²) in [4.78, 5) is 55.0. The van der Waals surface area contributed by atoms with E-state index in [0.717, 1.165) is 83.1 Å². The molecular formula is C44H54N8O12S2. The summed E-state index contributed by atoms with van der Waals surface area (Å²) < 4.78 is 46.1. The number of hydrogen-bond acceptors (Lipinski definition) is 16. The molecule has 4 N–H and O–H groups in total. The molecule has 66 heavy (non-hydrogen) atoms. The zero-order valence-corrected chi connectivity index (χ0v) is 38.0. The summed E-state index contributed by atoms with van der Waals surface area (Å²) in [7, 11) is -5.01. The van der Waals surface area contributed by atoms with Gasteiger partial charge in [0.15, 0.2) is 0 Å². The fourth-order valence-corrected chi connectivity index (χ4v) is 11.5. The van der Waals surface area contributed by atoms with Crippen molar-refractivity contribution in [2.24, 2.45) is 20.5 Å². The number of hydrogen-bond donors (Lipinski definition) is 4. The summed E-state index contributed by atoms with van der Waals surface area (Å²) in [5.41, 5.74) is -3.64. The average Bonchev–Trinajstić information content (AvgIpc) is 3.32. The van der Waals surface area contributed by atoms with E-state index in [1.54, 1.807) is 0 Å². The van der Waals surface area contributed by atoms with Gasteiger partial charge in [0.05, 0.1) is 23.4 Å². The van der Waals surface area contributed by atoms with Crippen molar-refractivity contribution in [2.75, 3.05) is 0 Å². The van der Waals surface area contributed by atoms with Gasteiger partial charge in [-0.15, -0.1) is 14.6 Å². The third-order valence-corrected chi connectivity index (χ3v) is 15.0. The lowest BCUT2D eigenvalue weighted by molar-refractivity contribution is -0.432. The van der Waals surface area contributed by atoms with Gasteiger partial charge in [0.2, 0.25) is 23.1 Å². The number of benzene rings is 2. The Morgan fingerprint density at radius 2 is 0.909 bits per heavy atom. The van der Waals surface area contributed by atoms with Gasteiger partial charge in [-0.25, -0.2) is 14.8 Å². The van der Waals surface area contributed by atoms with Gasteiger partial charge in [0.25, 0.3) is 21.2 Å². The highest BCUT2D eigenvalue weighted by Crippen LogP contribution is 2.41. The van der Waals surface area contributed by atoms with Crippen LogP contribution < -0.4 is 22.5 Å². The van der Waals surface area contributed by atoms with Crippen LogP contribution in [0, 0.1) is 0 Å². The highest BCUT2D eigenvalue weighted by atomic mass is 32.2. The summed E-state index contributed by atoms with van der Waals surface area (Å²) in [5.74, 6) is -1.21. The monoisotopic (exact) mass is 950 g/mol. The van der Waals surface area contributed by atoms with E-state index in [0.29, 0.717) is 63.4 Å². The van der Waals surface area contributed by atoms with Crippen LogP contribution in [0.5, 0.6) is 11.8 Å². The van der Waals surface area contributed by atoms with E-state index in [-0.39, 0.29) is 51.6 Å². The van der Waals surface area contributed by atoms with E-state index in [9.17, 15) is 42.4 Å². The molecule has 4 saturated carbocycles. The number of aromatic nitrogens is 4. The quantitative estimate of drug-likeness (QED) is 0.0320. The van der Waals surface area contributed by atoms with Crippen molar-refractivity contribution in [3.8, 4) is 22.9 Å². The van der Waals surface area contributed by atoms with Crippen molar-refractivity contribution in [1.82, 2.24) is 18.3 Å². The maximum Gasteiger partial charge on any atom is 0.334 e. The third-order valence-electron chi connectivity index (χ3n) is 13.5. The molecule has 0 spiro atoms. The van der Waals surface area contributed by atoms with Crippen LogP contribution in [-0.2, 0) is 19.5 Å². The Balaban J connectivity index is 1.16. The van der Waals surface area contributed by atoms with E-state index in [2.05, 4.69) is 25.5 Å². The minimum absolute atomic E-state index is 0.0771. The fourth-order valence-electron chi connectivity index (χ4n) is 10.2. The zero-order chi connectivity index (χ0) is 46.5. The molecule has 2 heterocycles. The first kappa shape index (κ1) is 47.2. The predicted molar refractivity (Wildman–Crippen MR) is 242 cm³/mol. The third kappa shape index (κ3) is 9.89. The second kappa shape index (κ2) is 20.7. The van der Waals surface area contributed by atoms with Gasteiger partial charge in [-0.2, -0.15) is 18.6 Å². The van der Waals surface area contributed by atoms with E-state index < -0.39 is 60.6 Å². The highest BCUT2D eigenvalue weighted by molar-refractivity contribution is 7.94. The van der Waals surface area contributed by atoms with Gasteiger partial charge in [-0.05, 0) is 81.2 Å². The summed E-state index contributed by atoms with van der Waals surface area (Å²) in [6.07, 6.45) is 15.8. The largest absolute Gasteiger partial charge is 0.493 e. The Morgan fingerprint density at radius 1 is 0.530 bits per heavy atom. The van der Waals surface area contributed by atoms with Crippen LogP contribution in [0.1, 0.15) is 153 Å². The minimum atomic E-state index is -5.01. The lowest BCUT2D eigenvalue weighted by atomic mass is 9.94. The Hall–Kier alpha value is -5.26. The van der Waals surface area contributed by atoms with E-state index in [1.165, 1.54) is 48.6 Å². The van der Waals surface area contributed by atoms with Gasteiger partial charge in [-0.3, -0.25) is 32.4 Å². The first-order chi connectivity index (χ1) is 31.9. The Kier molecular flexibility index (Phi) is 14.8. The Bertz CT molecular complexity index is 2850. The number of nitrogens with zero attached hydrogens (tertiary/aromatic N) is 8. The van der Waals surface area contributed by atoms with Crippen LogP contribution >= 0.6 is 12.0 Å². The van der Waals surface area contributed by atoms with Crippen LogP contribution in [0.3, 0.4) is 0 Å². The Morgan fingerprint density at radius 3 is 1.30 bits per heavy atom. The second-order valence-electron chi connectivity index (χ2n) is 17.6. The molecule has 0 radical (unpaired) electrons. The van der Waals surface area contributed by atoms with Crippen molar-refractivity contribution in [3.63, 3.8) is 0 Å². The molecule has 354 valence electrons. The standard InChI is InChI=1S/C44H54N8O12S2/c53-39-37(40(54)50(30-15-7-2-8-16-30)43(57)49(39)29-13-5-1-6-14-29)47-45-27-21-23-33(35(25-27)65-64-63-59)34-24-22-28(26-36(34)66(60,61)62)46-48-38-41(55)51(31-17-9-3-10-18-31)44(58)52(42(38)56)32-19-11-4-12-20-32/h21-26,29-32,53,55,59H,1-20H2,(H,60,61,62). The summed E-state index contributed by atoms with van der Waals surface area (Å²) >= 11 is 0.444. The lowest BCUT2D eigenvalue weighted by Crippen LogP contribution is -2.43. The highest BCUT2D eigenvalue weighted by Gasteiger charge is 2.31. The van der Waals surface area contributed by atoms with Crippen molar-refractivity contribution in [2.45, 2.75) is 162 Å². The van der Waals surface area contributed by atoms with Gasteiger partial charge in [0.1, 0.15) is 4.90 Å². The minimum Gasteiger partial charge on any atom is -0.493 e. The molecule has 22 heteroatoms. The van der Waals surface area contributed by atoms with Crippen molar-refractivity contribution in [1.29, 1.82) is 0 Å². The maximum atomic E-state index is 13.9. The molecule has 4 aromatic rings. The summed E-state index contributed by atoms with van der Waals surface area (Å²) in [5, 5.41) is 52.4. The second-order valence-corrected chi connectivity index (χ2v) is 19.8. The fraction of sp³-hybridized carbons (Fsp3) is 0.545. The first-order valence-electron chi connectivity index (χ1n) is 22.8. The SMILES string of the molecule is O=c1c(N=Nc2ccc(-c3ccc(N=Nc4c(O)n(C5CCCCC5)c(=O)n(C5CCCCC5)c4=O)cc3S(=O)(=O)O)c(SOOO)c2)c(O)n(C2CCCCC2)c(=O)n1C1CCCCC1. The molecule has 2 aromatic carbocycles. The molecule has 20 nitrogen and oxygen atoms in total. The van der Waals surface area contributed by atoms with Crippen LogP contribution in [-0.4, -0.2) is 46.7 Å². The number of rotatable bonds is 13. The summed E-state index contributed by atoms with van der Waals surface area (Å²) in [6.45, 7) is 0. The average molecular weight is 951 g/mol. The van der Waals surface area contributed by atoms with Crippen molar-refractivity contribution in [3.05, 3.63) is 78.1 Å². The molecule has 0 saturated heterocycles. The van der Waals surface area contributed by atoms with Crippen molar-refractivity contribution >= 4 is 44.9 Å². The van der Waals surface area contributed by atoms with Crippen LogP contribution in [0.4, 0.5) is 22.7 Å². The molecule has 0 unspecified atom stereocenters. The molecule has 4 aliphatic carbocycles. The molecular weight excluding hydrogens is 897 g/mol. The first-order valence-corrected chi connectivity index (χ1v) is 25.0. The van der Waals surface area contributed by atoms with E-state index >= 15 is 0 Å². The normalized spacial score (nSPS) is 18.8. The topological polar surface area (TPSA) is 271 Å². The molecule has 4 aliphatic rings. The molecule has 2 aromatic heterocycles. The zero-order valence-electron chi connectivity index (χ0n) is 36.4. The van der Waals surface area contributed by atoms with Crippen LogP contribution in [0.15, 0.2) is 85.8 Å². The van der Waals surface area contributed by atoms with E-state index in [4.69, 9.17) is 9.59 Å². The smallest absolute Gasteiger partial charge is 0.334 e. The van der Waals surface area contributed by atoms with Crippen LogP contribution in [0.2, 0.25) is 0 Å².